The minimum atomic E-state index is -0.924. The van der Waals surface area contributed by atoms with Crippen LogP contribution in [0.4, 0.5) is 15.5 Å². The van der Waals surface area contributed by atoms with E-state index in [0.717, 1.165) is 21.4 Å². The first-order valence-electron chi connectivity index (χ1n) is 8.99. The lowest BCUT2D eigenvalue weighted by molar-refractivity contribution is -0.122. The third-order valence-corrected chi connectivity index (χ3v) is 6.59. The van der Waals surface area contributed by atoms with E-state index in [1.165, 1.54) is 16.2 Å². The summed E-state index contributed by atoms with van der Waals surface area (Å²) in [5.74, 6) is 0.0446. The molecule has 8 heteroatoms. The summed E-state index contributed by atoms with van der Waals surface area (Å²) in [6, 6.07) is 9.89. The maximum atomic E-state index is 13.6. The molecule has 2 fully saturated rings. The van der Waals surface area contributed by atoms with Gasteiger partial charge in [0.05, 0.1) is 17.4 Å². The van der Waals surface area contributed by atoms with Gasteiger partial charge in [-0.2, -0.15) is 0 Å². The van der Waals surface area contributed by atoms with Crippen molar-refractivity contribution in [3.63, 3.8) is 0 Å². The van der Waals surface area contributed by atoms with Crippen LogP contribution in [0.3, 0.4) is 0 Å². The third kappa shape index (κ3) is 2.84. The monoisotopic (exact) mass is 386 g/mol. The molecular weight excluding hydrogens is 364 g/mol. The van der Waals surface area contributed by atoms with E-state index in [0.29, 0.717) is 32.6 Å². The van der Waals surface area contributed by atoms with Gasteiger partial charge in [0.1, 0.15) is 10.5 Å². The number of carbonyl (C=O) groups is 2. The average Bonchev–Trinajstić information content (AvgIpc) is 3.13. The molecular formula is C19H22N4O3S. The molecule has 0 unspecified atom stereocenters. The van der Waals surface area contributed by atoms with E-state index < -0.39 is 11.6 Å². The summed E-state index contributed by atoms with van der Waals surface area (Å²) in [6.45, 7) is 5.05. The Morgan fingerprint density at radius 2 is 1.85 bits per heavy atom. The van der Waals surface area contributed by atoms with E-state index in [2.05, 4.69) is 9.88 Å². The Balaban J connectivity index is 1.73. The van der Waals surface area contributed by atoms with E-state index in [4.69, 9.17) is 0 Å². The van der Waals surface area contributed by atoms with Crippen LogP contribution in [0.25, 0.3) is 0 Å². The molecule has 0 aliphatic carbocycles. The van der Waals surface area contributed by atoms with Crippen LogP contribution in [0.1, 0.15) is 23.5 Å². The van der Waals surface area contributed by atoms with Crippen LogP contribution < -0.4 is 9.80 Å². The van der Waals surface area contributed by atoms with Crippen LogP contribution in [0.2, 0.25) is 0 Å². The minimum Gasteiger partial charge on any atom is -0.465 e. The van der Waals surface area contributed by atoms with Gasteiger partial charge in [0.15, 0.2) is 0 Å². The Morgan fingerprint density at radius 3 is 2.41 bits per heavy atom. The van der Waals surface area contributed by atoms with E-state index >= 15 is 0 Å². The molecule has 27 heavy (non-hydrogen) atoms. The second-order valence-electron chi connectivity index (χ2n) is 7.06. The van der Waals surface area contributed by atoms with Crippen LogP contribution in [0, 0.1) is 13.8 Å². The molecule has 2 saturated heterocycles. The van der Waals surface area contributed by atoms with Crippen LogP contribution in [0.5, 0.6) is 0 Å². The van der Waals surface area contributed by atoms with Crippen molar-refractivity contribution in [3.8, 4) is 0 Å². The first kappa shape index (κ1) is 17.8. The fourth-order valence-corrected chi connectivity index (χ4v) is 5.03. The van der Waals surface area contributed by atoms with Gasteiger partial charge in [-0.05, 0) is 38.8 Å². The number of para-hydroxylation sites is 1. The van der Waals surface area contributed by atoms with Gasteiger partial charge in [-0.15, -0.1) is 11.3 Å². The summed E-state index contributed by atoms with van der Waals surface area (Å²) in [5.41, 5.74) is 1.13. The molecule has 1 aromatic heterocycles. The smallest absolute Gasteiger partial charge is 0.407 e. The van der Waals surface area contributed by atoms with Gasteiger partial charge >= 0.3 is 6.09 Å². The zero-order chi connectivity index (χ0) is 19.2. The summed E-state index contributed by atoms with van der Waals surface area (Å²) in [6.07, 6.45) is 0.0492. The third-order valence-electron chi connectivity index (χ3n) is 5.50. The van der Waals surface area contributed by atoms with Gasteiger partial charge < -0.3 is 14.9 Å². The molecule has 0 radical (unpaired) electrons. The van der Waals surface area contributed by atoms with Crippen LogP contribution >= 0.6 is 11.3 Å². The standard InChI is InChI=1S/C19H22N4O3S/c1-13-16(27-14(2)20-13)22-12-23(15-6-4-3-5-7-15)19(17(22)24)8-10-21(11-9-19)18(25)26/h3-7H,8-12H2,1-2H3,(H,25,26). The summed E-state index contributed by atoms with van der Waals surface area (Å²) < 4.78 is 0. The minimum absolute atomic E-state index is 0.0446. The number of amides is 2. The average molecular weight is 386 g/mol. The highest BCUT2D eigenvalue weighted by Gasteiger charge is 2.55. The Hall–Kier alpha value is -2.61. The fraction of sp³-hybridized carbons (Fsp3) is 0.421. The van der Waals surface area contributed by atoms with Crippen molar-refractivity contribution in [2.75, 3.05) is 29.6 Å². The molecule has 2 aliphatic rings. The Kier molecular flexibility index (Phi) is 4.30. The SMILES string of the molecule is Cc1nc(C)c(N2CN(c3ccccc3)C3(CCN(C(=O)O)CC3)C2=O)s1. The highest BCUT2D eigenvalue weighted by atomic mass is 32.1. The molecule has 1 aromatic carbocycles. The predicted octanol–water partition coefficient (Wildman–Crippen LogP) is 3.08. The molecule has 0 atom stereocenters. The second-order valence-corrected chi connectivity index (χ2v) is 8.24. The molecule has 0 saturated carbocycles. The van der Waals surface area contributed by atoms with Crippen molar-refractivity contribution < 1.29 is 14.7 Å². The number of benzene rings is 1. The van der Waals surface area contributed by atoms with Crippen molar-refractivity contribution in [2.45, 2.75) is 32.2 Å². The Bertz CT molecular complexity index is 874. The number of nitrogens with zero attached hydrogens (tertiary/aromatic N) is 4. The number of carbonyl (C=O) groups excluding carboxylic acids is 1. The van der Waals surface area contributed by atoms with Crippen LogP contribution in [0.15, 0.2) is 30.3 Å². The lowest BCUT2D eigenvalue weighted by Gasteiger charge is -2.42. The quantitative estimate of drug-likeness (QED) is 0.858. The summed E-state index contributed by atoms with van der Waals surface area (Å²) in [5, 5.41) is 11.1. The van der Waals surface area contributed by atoms with Gasteiger partial charge in [-0.25, -0.2) is 9.78 Å². The summed E-state index contributed by atoms with van der Waals surface area (Å²) in [7, 11) is 0. The van der Waals surface area contributed by atoms with Gasteiger partial charge in [0.2, 0.25) is 0 Å². The van der Waals surface area contributed by atoms with Gasteiger partial charge in [0.25, 0.3) is 5.91 Å². The fourth-order valence-electron chi connectivity index (χ4n) is 4.12. The molecule has 2 amide bonds. The number of hydrogen-bond acceptors (Lipinski definition) is 5. The zero-order valence-corrected chi connectivity index (χ0v) is 16.2. The number of likely N-dealkylation sites (tertiary alicyclic amines) is 1. The van der Waals surface area contributed by atoms with Crippen molar-refractivity contribution in [2.24, 2.45) is 0 Å². The van der Waals surface area contributed by atoms with Crippen LogP contribution in [-0.4, -0.2) is 52.3 Å². The number of hydrogen-bond donors (Lipinski definition) is 1. The molecule has 1 spiro atoms. The Labute approximate surface area is 161 Å². The predicted molar refractivity (Wildman–Crippen MR) is 104 cm³/mol. The number of aryl methyl sites for hydroxylation is 2. The summed E-state index contributed by atoms with van der Waals surface area (Å²) in [4.78, 5) is 34.8. The van der Waals surface area contributed by atoms with Gasteiger partial charge in [0, 0.05) is 18.8 Å². The van der Waals surface area contributed by atoms with E-state index in [9.17, 15) is 14.7 Å². The topological polar surface area (TPSA) is 77.0 Å². The molecule has 142 valence electrons. The highest BCUT2D eigenvalue weighted by molar-refractivity contribution is 7.16. The lowest BCUT2D eigenvalue weighted by Crippen LogP contribution is -2.57. The molecule has 0 bridgehead atoms. The van der Waals surface area contributed by atoms with Crippen molar-refractivity contribution in [1.29, 1.82) is 0 Å². The first-order chi connectivity index (χ1) is 12.9. The zero-order valence-electron chi connectivity index (χ0n) is 15.4. The summed E-state index contributed by atoms with van der Waals surface area (Å²) >= 11 is 1.53. The maximum absolute atomic E-state index is 13.6. The number of carboxylic acid groups (broad SMARTS) is 1. The maximum Gasteiger partial charge on any atom is 0.407 e. The number of anilines is 2. The Morgan fingerprint density at radius 1 is 1.19 bits per heavy atom. The lowest BCUT2D eigenvalue weighted by atomic mass is 9.85. The number of piperidine rings is 1. The van der Waals surface area contributed by atoms with Gasteiger partial charge in [-0.1, -0.05) is 18.2 Å². The molecule has 2 aliphatic heterocycles. The van der Waals surface area contributed by atoms with E-state index in [1.54, 1.807) is 0 Å². The number of rotatable bonds is 2. The van der Waals surface area contributed by atoms with Crippen molar-refractivity contribution in [3.05, 3.63) is 41.0 Å². The number of aromatic nitrogens is 1. The van der Waals surface area contributed by atoms with Gasteiger partial charge in [-0.3, -0.25) is 9.69 Å². The molecule has 1 N–H and O–H groups in total. The van der Waals surface area contributed by atoms with Crippen molar-refractivity contribution in [1.82, 2.24) is 9.88 Å². The number of thiazole rings is 1. The van der Waals surface area contributed by atoms with E-state index in [1.807, 2.05) is 49.1 Å². The molecule has 7 nitrogen and oxygen atoms in total. The second kappa shape index (κ2) is 6.53. The largest absolute Gasteiger partial charge is 0.465 e. The normalized spacial score (nSPS) is 19.2. The van der Waals surface area contributed by atoms with Crippen LogP contribution in [-0.2, 0) is 4.79 Å². The van der Waals surface area contributed by atoms with E-state index in [-0.39, 0.29) is 5.91 Å². The first-order valence-corrected chi connectivity index (χ1v) is 9.80. The molecule has 3 heterocycles. The highest BCUT2D eigenvalue weighted by Crippen LogP contribution is 2.43. The van der Waals surface area contributed by atoms with Crippen molar-refractivity contribution >= 4 is 34.0 Å². The molecule has 4 rings (SSSR count). The molecule has 2 aromatic rings.